The Bertz CT molecular complexity index is 562. The molecule has 21 heavy (non-hydrogen) atoms. The second-order valence-corrected chi connectivity index (χ2v) is 6.43. The maximum Gasteiger partial charge on any atom is 0.0484 e. The Morgan fingerprint density at radius 1 is 0.905 bits per heavy atom. The Morgan fingerprint density at radius 3 is 2.38 bits per heavy atom. The molecule has 2 aromatic carbocycles. The van der Waals surface area contributed by atoms with Crippen LogP contribution in [0.4, 0.5) is 0 Å². The Morgan fingerprint density at radius 2 is 1.62 bits per heavy atom. The zero-order chi connectivity index (χ0) is 15.1. The summed E-state index contributed by atoms with van der Waals surface area (Å²) < 4.78 is 0. The maximum absolute atomic E-state index is 6.27. The van der Waals surface area contributed by atoms with Crippen molar-refractivity contribution in [2.75, 3.05) is 6.54 Å². The highest BCUT2D eigenvalue weighted by molar-refractivity contribution is 6.35. The van der Waals surface area contributed by atoms with Gasteiger partial charge in [0.05, 0.1) is 0 Å². The molecule has 0 heterocycles. The molecule has 0 bridgehead atoms. The van der Waals surface area contributed by atoms with Crippen molar-refractivity contribution in [1.29, 1.82) is 0 Å². The van der Waals surface area contributed by atoms with Crippen molar-refractivity contribution in [1.82, 2.24) is 5.32 Å². The summed E-state index contributed by atoms with van der Waals surface area (Å²) in [5.41, 5.74) is 1.43. The van der Waals surface area contributed by atoms with Gasteiger partial charge in [-0.3, -0.25) is 0 Å². The standard InChI is InChI=1S/C19H26ClN/c1-15(2)21-14-8-4-3-5-9-16-12-13-19(20)18-11-7-6-10-17(16)18/h6-7,10-13,15,21H,3-5,8-9,14H2,1-2H3. The summed E-state index contributed by atoms with van der Waals surface area (Å²) in [5.74, 6) is 0. The van der Waals surface area contributed by atoms with E-state index in [0.717, 1.165) is 18.0 Å². The van der Waals surface area contributed by atoms with Crippen LogP contribution in [0, 0.1) is 0 Å². The van der Waals surface area contributed by atoms with Crippen molar-refractivity contribution >= 4 is 22.4 Å². The van der Waals surface area contributed by atoms with E-state index in [1.807, 2.05) is 6.07 Å². The summed E-state index contributed by atoms with van der Waals surface area (Å²) in [6.07, 6.45) is 6.30. The smallest absolute Gasteiger partial charge is 0.0484 e. The van der Waals surface area contributed by atoms with E-state index < -0.39 is 0 Å². The number of fused-ring (bicyclic) bond motifs is 1. The number of unbranched alkanes of at least 4 members (excludes halogenated alkanes) is 3. The molecule has 2 aromatic rings. The van der Waals surface area contributed by atoms with E-state index in [4.69, 9.17) is 11.6 Å². The minimum atomic E-state index is 0.602. The SMILES string of the molecule is CC(C)NCCCCCCc1ccc(Cl)c2ccccc12. The summed E-state index contributed by atoms with van der Waals surface area (Å²) in [6, 6.07) is 13.3. The van der Waals surface area contributed by atoms with Gasteiger partial charge in [-0.1, -0.05) is 68.6 Å². The van der Waals surface area contributed by atoms with E-state index in [9.17, 15) is 0 Å². The normalized spacial score (nSPS) is 11.4. The van der Waals surface area contributed by atoms with Gasteiger partial charge in [-0.15, -0.1) is 0 Å². The van der Waals surface area contributed by atoms with Crippen molar-refractivity contribution in [3.8, 4) is 0 Å². The summed E-state index contributed by atoms with van der Waals surface area (Å²) >= 11 is 6.27. The van der Waals surface area contributed by atoms with E-state index >= 15 is 0 Å². The second-order valence-electron chi connectivity index (χ2n) is 6.03. The minimum Gasteiger partial charge on any atom is -0.315 e. The third-order valence-corrected chi connectivity index (χ3v) is 4.22. The number of rotatable bonds is 8. The molecule has 0 atom stereocenters. The first-order chi connectivity index (χ1) is 10.2. The van der Waals surface area contributed by atoms with E-state index in [1.165, 1.54) is 42.0 Å². The molecule has 1 nitrogen and oxygen atoms in total. The van der Waals surface area contributed by atoms with Gasteiger partial charge in [-0.2, -0.15) is 0 Å². The summed E-state index contributed by atoms with van der Waals surface area (Å²) in [5, 5.41) is 6.82. The number of aryl methyl sites for hydroxylation is 1. The number of hydrogen-bond donors (Lipinski definition) is 1. The van der Waals surface area contributed by atoms with Crippen LogP contribution in [-0.4, -0.2) is 12.6 Å². The lowest BCUT2D eigenvalue weighted by Gasteiger charge is -2.09. The Kier molecular flexibility index (Phi) is 6.53. The van der Waals surface area contributed by atoms with Gasteiger partial charge >= 0.3 is 0 Å². The van der Waals surface area contributed by atoms with E-state index in [1.54, 1.807) is 0 Å². The van der Waals surface area contributed by atoms with Gasteiger partial charge in [0, 0.05) is 16.5 Å². The van der Waals surface area contributed by atoms with Gasteiger partial charge < -0.3 is 5.32 Å². The first-order valence-electron chi connectivity index (χ1n) is 8.08. The quantitative estimate of drug-likeness (QED) is 0.626. The largest absolute Gasteiger partial charge is 0.315 e. The van der Waals surface area contributed by atoms with Crippen LogP contribution in [0.25, 0.3) is 10.8 Å². The fourth-order valence-corrected chi connectivity index (χ4v) is 2.96. The van der Waals surface area contributed by atoms with Gasteiger partial charge in [0.25, 0.3) is 0 Å². The van der Waals surface area contributed by atoms with E-state index in [0.29, 0.717) is 6.04 Å². The first kappa shape index (κ1) is 16.3. The lowest BCUT2D eigenvalue weighted by atomic mass is 9.99. The molecule has 0 aromatic heterocycles. The van der Waals surface area contributed by atoms with Crippen molar-refractivity contribution in [3.05, 3.63) is 47.0 Å². The molecule has 0 aliphatic rings. The van der Waals surface area contributed by atoms with Crippen LogP contribution in [0.5, 0.6) is 0 Å². The number of hydrogen-bond acceptors (Lipinski definition) is 1. The Labute approximate surface area is 133 Å². The van der Waals surface area contributed by atoms with Gasteiger partial charge in [-0.25, -0.2) is 0 Å². The van der Waals surface area contributed by atoms with Crippen molar-refractivity contribution in [2.24, 2.45) is 0 Å². The molecule has 2 heteroatoms. The summed E-state index contributed by atoms with van der Waals surface area (Å²) in [4.78, 5) is 0. The molecule has 0 amide bonds. The van der Waals surface area contributed by atoms with Crippen LogP contribution in [0.2, 0.25) is 5.02 Å². The predicted molar refractivity (Wildman–Crippen MR) is 94.3 cm³/mol. The molecular weight excluding hydrogens is 278 g/mol. The predicted octanol–water partition coefficient (Wildman–Crippen LogP) is 5.59. The molecule has 2 rings (SSSR count). The van der Waals surface area contributed by atoms with Crippen LogP contribution in [0.3, 0.4) is 0 Å². The van der Waals surface area contributed by atoms with Gasteiger partial charge in [0.2, 0.25) is 0 Å². The summed E-state index contributed by atoms with van der Waals surface area (Å²) in [6.45, 7) is 5.54. The van der Waals surface area contributed by atoms with Crippen LogP contribution in [0.15, 0.2) is 36.4 Å². The van der Waals surface area contributed by atoms with Crippen molar-refractivity contribution in [2.45, 2.75) is 52.0 Å². The van der Waals surface area contributed by atoms with Gasteiger partial charge in [0.1, 0.15) is 0 Å². The molecule has 0 aliphatic carbocycles. The van der Waals surface area contributed by atoms with Crippen LogP contribution in [-0.2, 0) is 6.42 Å². The molecular formula is C19H26ClN. The van der Waals surface area contributed by atoms with E-state index in [-0.39, 0.29) is 0 Å². The monoisotopic (exact) mass is 303 g/mol. The number of nitrogens with one attached hydrogen (secondary N) is 1. The lowest BCUT2D eigenvalue weighted by Crippen LogP contribution is -2.23. The highest BCUT2D eigenvalue weighted by Gasteiger charge is 2.04. The molecule has 0 radical (unpaired) electrons. The maximum atomic E-state index is 6.27. The fourth-order valence-electron chi connectivity index (χ4n) is 2.73. The molecule has 114 valence electrons. The highest BCUT2D eigenvalue weighted by atomic mass is 35.5. The van der Waals surface area contributed by atoms with Crippen LogP contribution < -0.4 is 5.32 Å². The zero-order valence-electron chi connectivity index (χ0n) is 13.2. The molecule has 0 spiro atoms. The minimum absolute atomic E-state index is 0.602. The van der Waals surface area contributed by atoms with Crippen molar-refractivity contribution in [3.63, 3.8) is 0 Å². The van der Waals surface area contributed by atoms with E-state index in [2.05, 4.69) is 49.5 Å². The first-order valence-corrected chi connectivity index (χ1v) is 8.46. The number of benzene rings is 2. The Balaban J connectivity index is 1.80. The van der Waals surface area contributed by atoms with Crippen molar-refractivity contribution < 1.29 is 0 Å². The molecule has 0 saturated heterocycles. The van der Waals surface area contributed by atoms with Gasteiger partial charge in [-0.05, 0) is 42.8 Å². The average Bonchev–Trinajstić information content (AvgIpc) is 2.48. The lowest BCUT2D eigenvalue weighted by molar-refractivity contribution is 0.542. The molecule has 0 aliphatic heterocycles. The molecule has 0 saturated carbocycles. The third kappa shape index (κ3) is 5.01. The second kappa shape index (κ2) is 8.41. The third-order valence-electron chi connectivity index (χ3n) is 3.89. The zero-order valence-corrected chi connectivity index (χ0v) is 13.9. The molecule has 1 N–H and O–H groups in total. The van der Waals surface area contributed by atoms with Gasteiger partial charge in [0.15, 0.2) is 0 Å². The topological polar surface area (TPSA) is 12.0 Å². The molecule has 0 unspecified atom stereocenters. The molecule has 0 fully saturated rings. The Hall–Kier alpha value is -1.05. The number of halogens is 1. The highest BCUT2D eigenvalue weighted by Crippen LogP contribution is 2.27. The van der Waals surface area contributed by atoms with Crippen LogP contribution >= 0.6 is 11.6 Å². The fraction of sp³-hybridized carbons (Fsp3) is 0.474. The van der Waals surface area contributed by atoms with Crippen LogP contribution in [0.1, 0.15) is 45.1 Å². The average molecular weight is 304 g/mol. The summed E-state index contributed by atoms with van der Waals surface area (Å²) in [7, 11) is 0.